The van der Waals surface area contributed by atoms with Gasteiger partial charge in [0.05, 0.1) is 17.5 Å². The zero-order chi connectivity index (χ0) is 24.1. The van der Waals surface area contributed by atoms with E-state index in [0.717, 1.165) is 40.8 Å². The molecule has 0 atom stereocenters. The fourth-order valence-corrected chi connectivity index (χ4v) is 4.22. The van der Waals surface area contributed by atoms with E-state index in [0.29, 0.717) is 23.8 Å². The molecule has 6 nitrogen and oxygen atoms in total. The SMILES string of the molecule is C=C(NCCC(=O)O)c1ccc2c(c1)nc(CCc1ccccc1)n2Cc1cc(O)cc(Cl)c1. The van der Waals surface area contributed by atoms with Gasteiger partial charge in [-0.15, -0.1) is 0 Å². The second kappa shape index (κ2) is 10.4. The van der Waals surface area contributed by atoms with E-state index < -0.39 is 5.97 Å². The minimum absolute atomic E-state index is 0.0198. The first kappa shape index (κ1) is 23.4. The van der Waals surface area contributed by atoms with E-state index in [2.05, 4.69) is 28.6 Å². The fraction of sp³-hybridized carbons (Fsp3) is 0.185. The van der Waals surface area contributed by atoms with Crippen molar-refractivity contribution in [2.24, 2.45) is 0 Å². The summed E-state index contributed by atoms with van der Waals surface area (Å²) in [7, 11) is 0. The molecule has 0 bridgehead atoms. The predicted octanol–water partition coefficient (Wildman–Crippen LogP) is 5.26. The van der Waals surface area contributed by atoms with Gasteiger partial charge in [0.1, 0.15) is 11.6 Å². The normalized spacial score (nSPS) is 11.0. The quantitative estimate of drug-likeness (QED) is 0.291. The maximum Gasteiger partial charge on any atom is 0.305 e. The number of carbonyl (C=O) groups is 1. The number of halogens is 1. The van der Waals surface area contributed by atoms with Gasteiger partial charge < -0.3 is 20.1 Å². The number of carboxylic acid groups (broad SMARTS) is 1. The fourth-order valence-electron chi connectivity index (χ4n) is 3.97. The molecule has 0 amide bonds. The highest BCUT2D eigenvalue weighted by molar-refractivity contribution is 6.30. The number of benzene rings is 3. The van der Waals surface area contributed by atoms with Crippen molar-refractivity contribution in [1.29, 1.82) is 0 Å². The lowest BCUT2D eigenvalue weighted by atomic mass is 10.1. The monoisotopic (exact) mass is 475 g/mol. The summed E-state index contributed by atoms with van der Waals surface area (Å²) in [5, 5.41) is 22.4. The Morgan fingerprint density at radius 1 is 1.03 bits per heavy atom. The molecular formula is C27H26ClN3O3. The molecule has 4 rings (SSSR count). The molecule has 0 saturated heterocycles. The third-order valence-corrected chi connectivity index (χ3v) is 5.83. The lowest BCUT2D eigenvalue weighted by Gasteiger charge is -2.12. The van der Waals surface area contributed by atoms with Crippen LogP contribution in [0.1, 0.15) is 28.9 Å². The van der Waals surface area contributed by atoms with E-state index in [4.69, 9.17) is 21.7 Å². The van der Waals surface area contributed by atoms with Gasteiger partial charge in [0, 0.05) is 30.2 Å². The van der Waals surface area contributed by atoms with Crippen LogP contribution in [0.5, 0.6) is 5.75 Å². The Kier molecular flexibility index (Phi) is 7.18. The number of rotatable bonds is 10. The van der Waals surface area contributed by atoms with E-state index >= 15 is 0 Å². The van der Waals surface area contributed by atoms with E-state index in [1.165, 1.54) is 11.6 Å². The van der Waals surface area contributed by atoms with Gasteiger partial charge in [0.25, 0.3) is 0 Å². The second-order valence-electron chi connectivity index (χ2n) is 8.17. The highest BCUT2D eigenvalue weighted by atomic mass is 35.5. The molecule has 0 unspecified atom stereocenters. The van der Waals surface area contributed by atoms with Crippen molar-refractivity contribution in [2.45, 2.75) is 25.8 Å². The van der Waals surface area contributed by atoms with Crippen LogP contribution in [0.2, 0.25) is 5.02 Å². The molecule has 3 N–H and O–H groups in total. The van der Waals surface area contributed by atoms with Crippen LogP contribution in [0.25, 0.3) is 16.7 Å². The van der Waals surface area contributed by atoms with E-state index in [1.54, 1.807) is 6.07 Å². The van der Waals surface area contributed by atoms with Crippen LogP contribution >= 0.6 is 11.6 Å². The van der Waals surface area contributed by atoms with Gasteiger partial charge in [0.2, 0.25) is 0 Å². The molecule has 0 aliphatic carbocycles. The highest BCUT2D eigenvalue weighted by Gasteiger charge is 2.14. The molecule has 7 heteroatoms. The number of hydrogen-bond donors (Lipinski definition) is 3. The average molecular weight is 476 g/mol. The van der Waals surface area contributed by atoms with Crippen molar-refractivity contribution in [1.82, 2.24) is 14.9 Å². The van der Waals surface area contributed by atoms with Gasteiger partial charge in [-0.3, -0.25) is 4.79 Å². The van der Waals surface area contributed by atoms with Gasteiger partial charge in [-0.1, -0.05) is 54.6 Å². The topological polar surface area (TPSA) is 87.4 Å². The molecule has 3 aromatic carbocycles. The minimum atomic E-state index is -0.857. The molecule has 1 aromatic heterocycles. The first-order valence-corrected chi connectivity index (χ1v) is 11.4. The summed E-state index contributed by atoms with van der Waals surface area (Å²) in [6.45, 7) is 4.87. The third-order valence-electron chi connectivity index (χ3n) is 5.62. The van der Waals surface area contributed by atoms with Crippen molar-refractivity contribution < 1.29 is 15.0 Å². The Morgan fingerprint density at radius 2 is 1.82 bits per heavy atom. The Morgan fingerprint density at radius 3 is 2.56 bits per heavy atom. The van der Waals surface area contributed by atoms with Crippen LogP contribution in [0.15, 0.2) is 73.3 Å². The van der Waals surface area contributed by atoms with E-state index in [9.17, 15) is 9.90 Å². The maximum atomic E-state index is 10.8. The zero-order valence-corrected chi connectivity index (χ0v) is 19.4. The van der Waals surface area contributed by atoms with Crippen molar-refractivity contribution >= 4 is 34.3 Å². The van der Waals surface area contributed by atoms with Gasteiger partial charge in [-0.05, 0) is 53.4 Å². The molecule has 0 spiro atoms. The standard InChI is InChI=1S/C27H26ClN3O3/c1-18(29-12-11-27(33)34)21-8-9-25-24(15-21)30-26(10-7-19-5-3-2-4-6-19)31(25)17-20-13-22(28)16-23(32)14-20/h2-6,8-9,13-16,29,32H,1,7,10-12,17H2,(H,33,34). The first-order chi connectivity index (χ1) is 16.4. The summed E-state index contributed by atoms with van der Waals surface area (Å²) >= 11 is 6.17. The molecule has 0 aliphatic heterocycles. The van der Waals surface area contributed by atoms with Gasteiger partial charge >= 0.3 is 5.97 Å². The number of aliphatic carboxylic acids is 1. The predicted molar refractivity (Wildman–Crippen MR) is 135 cm³/mol. The summed E-state index contributed by atoms with van der Waals surface area (Å²) in [6, 6.07) is 21.3. The molecule has 4 aromatic rings. The number of phenolic OH excluding ortho intramolecular Hbond substituents is 1. The summed E-state index contributed by atoms with van der Waals surface area (Å²) in [4.78, 5) is 15.7. The second-order valence-corrected chi connectivity index (χ2v) is 8.61. The van der Waals surface area contributed by atoms with E-state index in [-0.39, 0.29) is 12.2 Å². The number of aromatic hydroxyl groups is 1. The van der Waals surface area contributed by atoms with Gasteiger partial charge in [0.15, 0.2) is 0 Å². The number of phenols is 1. The van der Waals surface area contributed by atoms with Crippen LogP contribution in [-0.4, -0.2) is 32.3 Å². The lowest BCUT2D eigenvalue weighted by molar-refractivity contribution is -0.136. The summed E-state index contributed by atoms with van der Waals surface area (Å²) in [5.41, 5.74) is 5.42. The minimum Gasteiger partial charge on any atom is -0.508 e. The molecule has 0 aliphatic rings. The molecule has 0 fully saturated rings. The van der Waals surface area contributed by atoms with Crippen LogP contribution < -0.4 is 5.32 Å². The Labute approximate surface area is 203 Å². The molecule has 174 valence electrons. The average Bonchev–Trinajstić information content (AvgIpc) is 3.14. The third kappa shape index (κ3) is 5.77. The van der Waals surface area contributed by atoms with Gasteiger partial charge in [-0.2, -0.15) is 0 Å². The number of hydrogen-bond acceptors (Lipinski definition) is 4. The van der Waals surface area contributed by atoms with Crippen LogP contribution in [-0.2, 0) is 24.2 Å². The number of nitrogens with zero attached hydrogens (tertiary/aromatic N) is 2. The zero-order valence-electron chi connectivity index (χ0n) is 18.7. The maximum absolute atomic E-state index is 10.8. The number of fused-ring (bicyclic) bond motifs is 1. The smallest absolute Gasteiger partial charge is 0.305 e. The van der Waals surface area contributed by atoms with Crippen LogP contribution in [0.3, 0.4) is 0 Å². The summed E-state index contributed by atoms with van der Waals surface area (Å²) in [6.07, 6.45) is 1.62. The Hall–Kier alpha value is -3.77. The van der Waals surface area contributed by atoms with Crippen molar-refractivity contribution in [2.75, 3.05) is 6.54 Å². The molecular weight excluding hydrogens is 450 g/mol. The summed E-state index contributed by atoms with van der Waals surface area (Å²) in [5.74, 6) is 0.202. The van der Waals surface area contributed by atoms with Crippen molar-refractivity contribution in [3.8, 4) is 5.75 Å². The number of carboxylic acids is 1. The Bertz CT molecular complexity index is 1310. The highest BCUT2D eigenvalue weighted by Crippen LogP contribution is 2.25. The number of imidazole rings is 1. The number of nitrogens with one attached hydrogen (secondary N) is 1. The van der Waals surface area contributed by atoms with Gasteiger partial charge in [-0.25, -0.2) is 4.98 Å². The van der Waals surface area contributed by atoms with Crippen molar-refractivity contribution in [3.63, 3.8) is 0 Å². The van der Waals surface area contributed by atoms with E-state index in [1.807, 2.05) is 42.5 Å². The number of aryl methyl sites for hydroxylation is 2. The Balaban J connectivity index is 1.65. The lowest BCUT2D eigenvalue weighted by Crippen LogP contribution is -2.16. The molecule has 0 saturated carbocycles. The van der Waals surface area contributed by atoms with Crippen molar-refractivity contribution in [3.05, 3.63) is 101 Å². The summed E-state index contributed by atoms with van der Waals surface area (Å²) < 4.78 is 2.15. The molecule has 34 heavy (non-hydrogen) atoms. The van der Waals surface area contributed by atoms with Crippen LogP contribution in [0.4, 0.5) is 0 Å². The number of aromatic nitrogens is 2. The molecule has 1 heterocycles. The largest absolute Gasteiger partial charge is 0.508 e. The first-order valence-electron chi connectivity index (χ1n) is 11.1. The molecule has 0 radical (unpaired) electrons. The van der Waals surface area contributed by atoms with Crippen LogP contribution in [0, 0.1) is 0 Å².